The van der Waals surface area contributed by atoms with Gasteiger partial charge in [-0.1, -0.05) is 0 Å². The second-order valence-electron chi connectivity index (χ2n) is 2.67. The summed E-state index contributed by atoms with van der Waals surface area (Å²) < 4.78 is 29.7. The molecule has 1 aromatic rings. The Hall–Kier alpha value is -0.970. The zero-order valence-corrected chi connectivity index (χ0v) is 6.68. The van der Waals surface area contributed by atoms with Crippen molar-refractivity contribution in [3.8, 4) is 0 Å². The molecule has 0 saturated carbocycles. The Morgan fingerprint density at radius 2 is 2.33 bits per heavy atom. The molecule has 1 rings (SSSR count). The summed E-state index contributed by atoms with van der Waals surface area (Å²) in [5.74, 6) is -2.30. The molecule has 0 atom stereocenters. The summed E-state index contributed by atoms with van der Waals surface area (Å²) in [7, 11) is 0. The maximum absolute atomic E-state index is 12.4. The lowest BCUT2D eigenvalue weighted by molar-refractivity contribution is 0.0174. The average molecular weight is 176 g/mol. The van der Waals surface area contributed by atoms with E-state index in [2.05, 4.69) is 4.98 Å². The van der Waals surface area contributed by atoms with Crippen LogP contribution in [-0.2, 0) is 13.0 Å². The molecule has 0 aliphatic rings. The molecule has 0 spiro atoms. The number of nitrogens with two attached hydrogens (primary N) is 1. The zero-order chi connectivity index (χ0) is 9.19. The van der Waals surface area contributed by atoms with Crippen LogP contribution < -0.4 is 5.73 Å². The second-order valence-corrected chi connectivity index (χ2v) is 2.67. The zero-order valence-electron chi connectivity index (χ0n) is 6.68. The molecule has 0 aliphatic heterocycles. The van der Waals surface area contributed by atoms with Gasteiger partial charge in [-0.25, -0.2) is 13.8 Å². The fourth-order valence-electron chi connectivity index (χ4n) is 0.830. The summed E-state index contributed by atoms with van der Waals surface area (Å²) >= 11 is 0. The fraction of sp³-hybridized carbons (Fsp3) is 0.571. The highest BCUT2D eigenvalue weighted by Gasteiger charge is 2.23. The van der Waals surface area contributed by atoms with Crippen molar-refractivity contribution in [1.82, 2.24) is 4.98 Å². The Bertz CT molecular complexity index is 254. The lowest BCUT2D eigenvalue weighted by Gasteiger charge is -2.05. The van der Waals surface area contributed by atoms with Gasteiger partial charge in [-0.05, 0) is 6.92 Å². The summed E-state index contributed by atoms with van der Waals surface area (Å²) in [6.07, 6.45) is 0.847. The van der Waals surface area contributed by atoms with Crippen LogP contribution in [0.3, 0.4) is 0 Å². The topological polar surface area (TPSA) is 52.0 Å². The number of rotatable bonds is 3. The van der Waals surface area contributed by atoms with Gasteiger partial charge in [0, 0.05) is 0 Å². The largest absolute Gasteiger partial charge is 0.444 e. The van der Waals surface area contributed by atoms with Crippen LogP contribution in [0.15, 0.2) is 10.6 Å². The number of aromatic nitrogens is 1. The van der Waals surface area contributed by atoms with Crippen LogP contribution in [0.5, 0.6) is 0 Å². The van der Waals surface area contributed by atoms with Crippen molar-refractivity contribution in [3.05, 3.63) is 17.8 Å². The predicted molar refractivity (Wildman–Crippen MR) is 38.7 cm³/mol. The molecule has 5 heteroatoms. The summed E-state index contributed by atoms with van der Waals surface area (Å²) in [5, 5.41) is 0. The summed E-state index contributed by atoms with van der Waals surface area (Å²) in [6, 6.07) is 0. The molecule has 12 heavy (non-hydrogen) atoms. The SMILES string of the molecule is CC(F)(F)Cc1cnc(CN)o1. The van der Waals surface area contributed by atoms with Crippen molar-refractivity contribution in [1.29, 1.82) is 0 Å². The van der Waals surface area contributed by atoms with E-state index in [1.165, 1.54) is 6.20 Å². The quantitative estimate of drug-likeness (QED) is 0.755. The third-order valence-corrected chi connectivity index (χ3v) is 1.26. The van der Waals surface area contributed by atoms with Crippen LogP contribution in [-0.4, -0.2) is 10.9 Å². The Labute approximate surface area is 68.6 Å². The summed E-state index contributed by atoms with van der Waals surface area (Å²) in [6.45, 7) is 0.965. The van der Waals surface area contributed by atoms with Gasteiger partial charge in [0.1, 0.15) is 5.76 Å². The van der Waals surface area contributed by atoms with Crippen molar-refractivity contribution in [3.63, 3.8) is 0 Å². The number of oxazole rings is 1. The lowest BCUT2D eigenvalue weighted by Crippen LogP contribution is -2.12. The minimum absolute atomic E-state index is 0.134. The van der Waals surface area contributed by atoms with Crippen molar-refractivity contribution in [2.45, 2.75) is 25.8 Å². The highest BCUT2D eigenvalue weighted by atomic mass is 19.3. The van der Waals surface area contributed by atoms with Crippen LogP contribution in [0.1, 0.15) is 18.6 Å². The first-order chi connectivity index (χ1) is 5.51. The third-order valence-electron chi connectivity index (χ3n) is 1.26. The molecule has 3 nitrogen and oxygen atoms in total. The van der Waals surface area contributed by atoms with Crippen molar-refractivity contribution >= 4 is 0 Å². The average Bonchev–Trinajstić information content (AvgIpc) is 2.32. The summed E-state index contributed by atoms with van der Waals surface area (Å²) in [4.78, 5) is 3.69. The molecular weight excluding hydrogens is 166 g/mol. The molecule has 1 heterocycles. The Balaban J connectivity index is 2.64. The maximum atomic E-state index is 12.4. The first kappa shape index (κ1) is 9.12. The molecule has 2 N–H and O–H groups in total. The summed E-state index contributed by atoms with van der Waals surface area (Å²) in [5.41, 5.74) is 5.18. The molecule has 0 aromatic carbocycles. The first-order valence-corrected chi connectivity index (χ1v) is 3.53. The van der Waals surface area contributed by atoms with E-state index in [-0.39, 0.29) is 18.2 Å². The molecule has 0 fully saturated rings. The molecule has 0 radical (unpaired) electrons. The van der Waals surface area contributed by atoms with Gasteiger partial charge < -0.3 is 10.2 Å². The molecule has 0 bridgehead atoms. The normalized spacial score (nSPS) is 12.0. The van der Waals surface area contributed by atoms with Crippen LogP contribution >= 0.6 is 0 Å². The lowest BCUT2D eigenvalue weighted by atomic mass is 10.2. The Morgan fingerprint density at radius 1 is 1.67 bits per heavy atom. The smallest absolute Gasteiger partial charge is 0.252 e. The number of hydrogen-bond acceptors (Lipinski definition) is 3. The molecule has 0 saturated heterocycles. The van der Waals surface area contributed by atoms with Gasteiger partial charge in [-0.3, -0.25) is 0 Å². The monoisotopic (exact) mass is 176 g/mol. The van der Waals surface area contributed by atoms with Gasteiger partial charge in [0.25, 0.3) is 5.92 Å². The number of halogens is 2. The van der Waals surface area contributed by atoms with Gasteiger partial charge in [0.05, 0.1) is 19.2 Å². The fourth-order valence-corrected chi connectivity index (χ4v) is 0.830. The van der Waals surface area contributed by atoms with E-state index >= 15 is 0 Å². The molecule has 68 valence electrons. The predicted octanol–water partition coefficient (Wildman–Crippen LogP) is 1.33. The van der Waals surface area contributed by atoms with Crippen LogP contribution in [0.25, 0.3) is 0 Å². The van der Waals surface area contributed by atoms with Gasteiger partial charge in [-0.2, -0.15) is 0 Å². The maximum Gasteiger partial charge on any atom is 0.252 e. The molecular formula is C7H10F2N2O. The minimum atomic E-state index is -2.76. The van der Waals surface area contributed by atoms with Gasteiger partial charge in [-0.15, -0.1) is 0 Å². The van der Waals surface area contributed by atoms with Crippen LogP contribution in [0.2, 0.25) is 0 Å². The van der Waals surface area contributed by atoms with E-state index in [9.17, 15) is 8.78 Å². The van der Waals surface area contributed by atoms with Crippen molar-refractivity contribution in [2.75, 3.05) is 0 Å². The van der Waals surface area contributed by atoms with Gasteiger partial charge in [0.15, 0.2) is 0 Å². The van der Waals surface area contributed by atoms with E-state index in [0.29, 0.717) is 0 Å². The highest BCUT2D eigenvalue weighted by molar-refractivity contribution is 4.96. The molecule has 0 amide bonds. The van der Waals surface area contributed by atoms with E-state index in [4.69, 9.17) is 10.2 Å². The molecule has 0 aliphatic carbocycles. The Kier molecular flexibility index (Phi) is 2.42. The van der Waals surface area contributed by atoms with Crippen LogP contribution in [0.4, 0.5) is 8.78 Å². The van der Waals surface area contributed by atoms with E-state index in [1.54, 1.807) is 0 Å². The standard InChI is InChI=1S/C7H10F2N2O/c1-7(8,9)2-5-4-11-6(3-10)12-5/h4H,2-3,10H2,1H3. The van der Waals surface area contributed by atoms with Crippen molar-refractivity contribution < 1.29 is 13.2 Å². The number of nitrogens with zero attached hydrogens (tertiary/aromatic N) is 1. The Morgan fingerprint density at radius 3 is 2.75 bits per heavy atom. The van der Waals surface area contributed by atoms with Crippen LogP contribution in [0, 0.1) is 0 Å². The third kappa shape index (κ3) is 2.58. The van der Waals surface area contributed by atoms with Crippen molar-refractivity contribution in [2.24, 2.45) is 5.73 Å². The molecule has 0 unspecified atom stereocenters. The second kappa shape index (κ2) is 3.18. The van der Waals surface area contributed by atoms with E-state index < -0.39 is 12.3 Å². The van der Waals surface area contributed by atoms with E-state index in [1.807, 2.05) is 0 Å². The number of hydrogen-bond donors (Lipinski definition) is 1. The van der Waals surface area contributed by atoms with E-state index in [0.717, 1.165) is 6.92 Å². The minimum Gasteiger partial charge on any atom is -0.444 e. The number of alkyl halides is 2. The highest BCUT2D eigenvalue weighted by Crippen LogP contribution is 2.19. The first-order valence-electron chi connectivity index (χ1n) is 3.53. The van der Waals surface area contributed by atoms with Gasteiger partial charge >= 0.3 is 0 Å². The molecule has 1 aromatic heterocycles. The van der Waals surface area contributed by atoms with Gasteiger partial charge in [0.2, 0.25) is 5.89 Å².